The van der Waals surface area contributed by atoms with Crippen molar-refractivity contribution >= 4 is 28.1 Å². The van der Waals surface area contributed by atoms with Gasteiger partial charge in [0.2, 0.25) is 0 Å². The Balaban J connectivity index is 1.52. The van der Waals surface area contributed by atoms with Gasteiger partial charge in [0.05, 0.1) is 11.1 Å². The third kappa shape index (κ3) is 3.43. The van der Waals surface area contributed by atoms with E-state index in [1.165, 1.54) is 11.3 Å². The fourth-order valence-corrected chi connectivity index (χ4v) is 5.08. The molecule has 31 heavy (non-hydrogen) atoms. The number of aromatic amines is 1. The van der Waals surface area contributed by atoms with Crippen LogP contribution in [-0.2, 0) is 0 Å². The van der Waals surface area contributed by atoms with Gasteiger partial charge in [-0.05, 0) is 66.6 Å². The Kier molecular flexibility index (Phi) is 4.87. The summed E-state index contributed by atoms with van der Waals surface area (Å²) in [5.41, 5.74) is 3.10. The van der Waals surface area contributed by atoms with E-state index in [1.54, 1.807) is 6.07 Å². The molecule has 3 heterocycles. The van der Waals surface area contributed by atoms with Crippen LogP contribution in [0.3, 0.4) is 0 Å². The molecule has 156 valence electrons. The molecular formula is C25H22N2O3S. The molecule has 1 atom stereocenters. The molecule has 0 aliphatic carbocycles. The predicted octanol–water partition coefficient (Wildman–Crippen LogP) is 5.25. The predicted molar refractivity (Wildman–Crippen MR) is 125 cm³/mol. The van der Waals surface area contributed by atoms with Crippen LogP contribution in [0, 0.1) is 0 Å². The number of carbonyl (C=O) groups excluding carboxylic acids is 1. The van der Waals surface area contributed by atoms with Gasteiger partial charge in [-0.25, -0.2) is 0 Å². The van der Waals surface area contributed by atoms with Crippen LogP contribution in [0.25, 0.3) is 32.5 Å². The van der Waals surface area contributed by atoms with Gasteiger partial charge in [0.25, 0.3) is 11.5 Å². The van der Waals surface area contributed by atoms with E-state index in [-0.39, 0.29) is 23.3 Å². The van der Waals surface area contributed by atoms with Crippen LogP contribution in [0.1, 0.15) is 30.1 Å². The molecule has 2 aromatic heterocycles. The van der Waals surface area contributed by atoms with Gasteiger partial charge in [0.15, 0.2) is 0 Å². The molecule has 2 N–H and O–H groups in total. The molecule has 5 nitrogen and oxygen atoms in total. The Morgan fingerprint density at radius 2 is 1.90 bits per heavy atom. The number of fused-ring (bicyclic) bond motifs is 1. The lowest BCUT2D eigenvalue weighted by molar-refractivity contribution is 0.0747. The summed E-state index contributed by atoms with van der Waals surface area (Å²) in [4.78, 5) is 30.8. The number of aromatic hydroxyl groups is 1. The van der Waals surface area contributed by atoms with Gasteiger partial charge in [0.1, 0.15) is 5.75 Å². The van der Waals surface area contributed by atoms with Gasteiger partial charge in [-0.15, -0.1) is 11.3 Å². The van der Waals surface area contributed by atoms with Gasteiger partial charge in [-0.2, -0.15) is 0 Å². The molecule has 1 amide bonds. The number of pyridine rings is 1. The van der Waals surface area contributed by atoms with Crippen molar-refractivity contribution in [1.29, 1.82) is 0 Å². The van der Waals surface area contributed by atoms with E-state index in [4.69, 9.17) is 0 Å². The Bertz CT molecular complexity index is 1320. The van der Waals surface area contributed by atoms with Crippen molar-refractivity contribution in [3.05, 3.63) is 75.9 Å². The zero-order valence-corrected chi connectivity index (χ0v) is 17.9. The van der Waals surface area contributed by atoms with E-state index < -0.39 is 0 Å². The first kappa shape index (κ1) is 19.6. The number of H-pyrrole nitrogens is 1. The Hall–Kier alpha value is -3.38. The molecule has 0 bridgehead atoms. The number of thiophene rings is 1. The first-order chi connectivity index (χ1) is 15.0. The molecule has 1 fully saturated rings. The van der Waals surface area contributed by atoms with E-state index in [1.807, 2.05) is 58.8 Å². The number of nitrogens with one attached hydrogen (secondary N) is 1. The minimum absolute atomic E-state index is 0.0159. The van der Waals surface area contributed by atoms with Crippen molar-refractivity contribution in [3.8, 4) is 27.3 Å². The SMILES string of the molecule is CC1CCCN1C(=O)c1ccc(-c2ccc3[nH]c(=O)c(-c4cccs4)c(O)c3c2)cc1. The molecule has 0 saturated carbocycles. The normalized spacial score (nSPS) is 16.2. The maximum Gasteiger partial charge on any atom is 0.260 e. The average Bonchev–Trinajstić information content (AvgIpc) is 3.45. The summed E-state index contributed by atoms with van der Waals surface area (Å²) in [5, 5.41) is 13.3. The van der Waals surface area contributed by atoms with Crippen LogP contribution in [0.2, 0.25) is 0 Å². The van der Waals surface area contributed by atoms with E-state index in [0.29, 0.717) is 22.0 Å². The van der Waals surface area contributed by atoms with Crippen LogP contribution in [0.5, 0.6) is 5.75 Å². The summed E-state index contributed by atoms with van der Waals surface area (Å²) in [7, 11) is 0. The quantitative estimate of drug-likeness (QED) is 0.466. The number of hydrogen-bond donors (Lipinski definition) is 2. The average molecular weight is 431 g/mol. The lowest BCUT2D eigenvalue weighted by Gasteiger charge is -2.21. The minimum atomic E-state index is -0.306. The Labute approximate surface area is 183 Å². The van der Waals surface area contributed by atoms with Crippen molar-refractivity contribution in [2.24, 2.45) is 0 Å². The van der Waals surface area contributed by atoms with Crippen LogP contribution in [0.4, 0.5) is 0 Å². The molecule has 6 heteroatoms. The first-order valence-corrected chi connectivity index (χ1v) is 11.2. The molecular weight excluding hydrogens is 408 g/mol. The zero-order chi connectivity index (χ0) is 21.5. The van der Waals surface area contributed by atoms with Crippen molar-refractivity contribution < 1.29 is 9.90 Å². The van der Waals surface area contributed by atoms with Crippen LogP contribution in [-0.4, -0.2) is 33.5 Å². The largest absolute Gasteiger partial charge is 0.506 e. The van der Waals surface area contributed by atoms with Gasteiger partial charge in [-0.3, -0.25) is 9.59 Å². The highest BCUT2D eigenvalue weighted by Crippen LogP contribution is 2.36. The fourth-order valence-electron chi connectivity index (χ4n) is 4.31. The molecule has 0 spiro atoms. The highest BCUT2D eigenvalue weighted by Gasteiger charge is 2.25. The number of carbonyl (C=O) groups is 1. The van der Waals surface area contributed by atoms with Crippen molar-refractivity contribution in [2.75, 3.05) is 6.54 Å². The molecule has 5 rings (SSSR count). The molecule has 1 aliphatic rings. The maximum absolute atomic E-state index is 12.8. The second-order valence-corrected chi connectivity index (χ2v) is 8.93. The number of amides is 1. The molecule has 1 unspecified atom stereocenters. The van der Waals surface area contributed by atoms with Gasteiger partial charge < -0.3 is 15.0 Å². The standard InChI is InChI=1S/C25H22N2O3S/c1-15-4-2-12-27(15)25(30)17-8-6-16(7-9-17)18-10-11-20-19(14-18)23(28)22(24(29)26-20)21-5-3-13-31-21/h3,5-11,13-15H,2,4,12H2,1H3,(H2,26,28,29). The Morgan fingerprint density at radius 3 is 2.58 bits per heavy atom. The summed E-state index contributed by atoms with van der Waals surface area (Å²) in [6, 6.07) is 17.1. The number of rotatable bonds is 3. The highest BCUT2D eigenvalue weighted by molar-refractivity contribution is 7.13. The zero-order valence-electron chi connectivity index (χ0n) is 17.1. The molecule has 4 aromatic rings. The lowest BCUT2D eigenvalue weighted by Crippen LogP contribution is -2.33. The second-order valence-electron chi connectivity index (χ2n) is 7.98. The van der Waals surface area contributed by atoms with Crippen LogP contribution < -0.4 is 5.56 Å². The fraction of sp³-hybridized carbons (Fsp3) is 0.200. The third-order valence-corrected chi connectivity index (χ3v) is 6.92. The van der Waals surface area contributed by atoms with E-state index in [0.717, 1.165) is 35.4 Å². The summed E-state index contributed by atoms with van der Waals surface area (Å²) in [5.74, 6) is 0.0590. The highest BCUT2D eigenvalue weighted by atomic mass is 32.1. The van der Waals surface area contributed by atoms with Crippen molar-refractivity contribution in [3.63, 3.8) is 0 Å². The molecule has 0 radical (unpaired) electrons. The number of benzene rings is 2. The first-order valence-electron chi connectivity index (χ1n) is 10.4. The van der Waals surface area contributed by atoms with Gasteiger partial charge in [-0.1, -0.05) is 24.3 Å². The van der Waals surface area contributed by atoms with E-state index in [9.17, 15) is 14.7 Å². The van der Waals surface area contributed by atoms with Crippen LogP contribution in [0.15, 0.2) is 64.8 Å². The van der Waals surface area contributed by atoms with Gasteiger partial charge in [0, 0.05) is 28.4 Å². The monoisotopic (exact) mass is 430 g/mol. The van der Waals surface area contributed by atoms with Gasteiger partial charge >= 0.3 is 0 Å². The second kappa shape index (κ2) is 7.71. The number of hydrogen-bond acceptors (Lipinski definition) is 4. The number of aromatic nitrogens is 1. The number of nitrogens with zero attached hydrogens (tertiary/aromatic N) is 1. The van der Waals surface area contributed by atoms with Crippen molar-refractivity contribution in [2.45, 2.75) is 25.8 Å². The summed E-state index contributed by atoms with van der Waals surface area (Å²) in [6.07, 6.45) is 2.11. The lowest BCUT2D eigenvalue weighted by atomic mass is 10.00. The topological polar surface area (TPSA) is 73.4 Å². The molecule has 1 saturated heterocycles. The van der Waals surface area contributed by atoms with E-state index >= 15 is 0 Å². The summed E-state index contributed by atoms with van der Waals surface area (Å²) < 4.78 is 0. The summed E-state index contributed by atoms with van der Waals surface area (Å²) in [6.45, 7) is 2.91. The smallest absolute Gasteiger partial charge is 0.260 e. The van der Waals surface area contributed by atoms with Crippen molar-refractivity contribution in [1.82, 2.24) is 9.88 Å². The number of likely N-dealkylation sites (tertiary alicyclic amines) is 1. The Morgan fingerprint density at radius 1 is 1.13 bits per heavy atom. The van der Waals surface area contributed by atoms with Crippen LogP contribution >= 0.6 is 11.3 Å². The molecule has 2 aromatic carbocycles. The summed E-state index contributed by atoms with van der Waals surface area (Å²) >= 11 is 1.41. The molecule has 1 aliphatic heterocycles. The minimum Gasteiger partial charge on any atom is -0.506 e. The third-order valence-electron chi connectivity index (χ3n) is 6.03. The van der Waals surface area contributed by atoms with E-state index in [2.05, 4.69) is 11.9 Å². The maximum atomic E-state index is 12.8.